The molecule has 20 heavy (non-hydrogen) atoms. The van der Waals surface area contributed by atoms with Crippen LogP contribution in [0, 0.1) is 0 Å². The monoisotopic (exact) mass is 278 g/mol. The maximum absolute atomic E-state index is 12.5. The summed E-state index contributed by atoms with van der Waals surface area (Å²) in [4.78, 5) is 25.8. The molecule has 0 fully saturated rings. The Labute approximate surface area is 119 Å². The fourth-order valence-electron chi connectivity index (χ4n) is 2.75. The van der Waals surface area contributed by atoms with Gasteiger partial charge in [0.15, 0.2) is 11.6 Å². The normalized spacial score (nSPS) is 15.0. The van der Waals surface area contributed by atoms with Crippen molar-refractivity contribution in [1.82, 2.24) is 0 Å². The van der Waals surface area contributed by atoms with Gasteiger partial charge in [-0.15, -0.1) is 11.3 Å². The lowest BCUT2D eigenvalue weighted by molar-refractivity contribution is 0.0892. The maximum atomic E-state index is 12.5. The second kappa shape index (κ2) is 4.12. The molecule has 0 radical (unpaired) electrons. The number of carbonyl (C=O) groups is 2. The number of rotatable bonds is 1. The molecule has 2 aromatic carbocycles. The van der Waals surface area contributed by atoms with Gasteiger partial charge in [0.2, 0.25) is 0 Å². The van der Waals surface area contributed by atoms with Crippen LogP contribution in [0.1, 0.15) is 31.5 Å². The van der Waals surface area contributed by atoms with Crippen LogP contribution in [0.3, 0.4) is 0 Å². The number of hydrogen-bond acceptors (Lipinski definition) is 3. The smallest absolute Gasteiger partial charge is 0.179 e. The third-order valence-corrected chi connectivity index (χ3v) is 4.89. The molecule has 0 spiro atoms. The van der Waals surface area contributed by atoms with Gasteiger partial charge in [0.1, 0.15) is 5.92 Å². The van der Waals surface area contributed by atoms with Crippen LogP contribution in [-0.2, 0) is 0 Å². The summed E-state index contributed by atoms with van der Waals surface area (Å²) >= 11 is 1.53. The standard InChI is InChI=1S/C17H10O2S/c18-16-11-6-2-3-7-12(11)17(19)15(16)14-9-10-5-1-4-8-13(10)20-14/h1-9,15H. The first-order valence-corrected chi connectivity index (χ1v) is 7.23. The molecule has 3 heteroatoms. The Morgan fingerprint density at radius 3 is 2.05 bits per heavy atom. The molecule has 0 saturated carbocycles. The van der Waals surface area contributed by atoms with Crippen molar-refractivity contribution in [1.29, 1.82) is 0 Å². The first-order valence-electron chi connectivity index (χ1n) is 6.41. The molecule has 0 atom stereocenters. The van der Waals surface area contributed by atoms with Crippen molar-refractivity contribution in [3.63, 3.8) is 0 Å². The predicted octanol–water partition coefficient (Wildman–Crippen LogP) is 4.06. The summed E-state index contributed by atoms with van der Waals surface area (Å²) in [5.74, 6) is -0.792. The van der Waals surface area contributed by atoms with Crippen molar-refractivity contribution in [2.24, 2.45) is 0 Å². The lowest BCUT2D eigenvalue weighted by Gasteiger charge is -2.02. The third-order valence-electron chi connectivity index (χ3n) is 3.71. The predicted molar refractivity (Wildman–Crippen MR) is 79.7 cm³/mol. The molecule has 1 aliphatic rings. The molecule has 0 unspecified atom stereocenters. The van der Waals surface area contributed by atoms with Crippen LogP contribution < -0.4 is 0 Å². The molecule has 0 amide bonds. The average molecular weight is 278 g/mol. The molecular weight excluding hydrogens is 268 g/mol. The zero-order valence-corrected chi connectivity index (χ0v) is 11.3. The number of fused-ring (bicyclic) bond motifs is 2. The van der Waals surface area contributed by atoms with Crippen LogP contribution in [0.25, 0.3) is 10.1 Å². The molecule has 4 rings (SSSR count). The van der Waals surface area contributed by atoms with E-state index in [4.69, 9.17) is 0 Å². The minimum absolute atomic E-state index is 0.0721. The summed E-state index contributed by atoms with van der Waals surface area (Å²) < 4.78 is 1.11. The zero-order valence-electron chi connectivity index (χ0n) is 10.5. The highest BCUT2D eigenvalue weighted by Crippen LogP contribution is 2.39. The average Bonchev–Trinajstić information content (AvgIpc) is 3.00. The van der Waals surface area contributed by atoms with Crippen molar-refractivity contribution < 1.29 is 9.59 Å². The summed E-state index contributed by atoms with van der Waals surface area (Å²) in [7, 11) is 0. The van der Waals surface area contributed by atoms with E-state index in [1.807, 2.05) is 30.3 Å². The van der Waals surface area contributed by atoms with E-state index >= 15 is 0 Å². The van der Waals surface area contributed by atoms with Crippen molar-refractivity contribution in [2.75, 3.05) is 0 Å². The van der Waals surface area contributed by atoms with E-state index < -0.39 is 5.92 Å². The molecule has 0 aliphatic heterocycles. The molecule has 1 heterocycles. The van der Waals surface area contributed by atoms with Crippen molar-refractivity contribution in [3.05, 3.63) is 70.6 Å². The van der Waals surface area contributed by atoms with E-state index in [9.17, 15) is 9.59 Å². The van der Waals surface area contributed by atoms with E-state index in [0.717, 1.165) is 15.0 Å². The molecule has 2 nitrogen and oxygen atoms in total. The minimum Gasteiger partial charge on any atom is -0.293 e. The van der Waals surface area contributed by atoms with Crippen LogP contribution in [0.4, 0.5) is 0 Å². The first-order chi connectivity index (χ1) is 9.75. The fourth-order valence-corrected chi connectivity index (χ4v) is 3.91. The second-order valence-electron chi connectivity index (χ2n) is 4.89. The van der Waals surface area contributed by atoms with Gasteiger partial charge >= 0.3 is 0 Å². The summed E-state index contributed by atoms with van der Waals surface area (Å²) in [5.41, 5.74) is 1.11. The van der Waals surface area contributed by atoms with Crippen molar-refractivity contribution in [3.8, 4) is 0 Å². The summed E-state index contributed by atoms with van der Waals surface area (Å²) in [6, 6.07) is 17.0. The van der Waals surface area contributed by atoms with E-state index in [2.05, 4.69) is 0 Å². The quantitative estimate of drug-likeness (QED) is 0.629. The Kier molecular flexibility index (Phi) is 2.38. The van der Waals surface area contributed by atoms with Gasteiger partial charge in [-0.05, 0) is 17.5 Å². The lowest BCUT2D eigenvalue weighted by atomic mass is 10.0. The van der Waals surface area contributed by atoms with Crippen molar-refractivity contribution >= 4 is 33.0 Å². The Morgan fingerprint density at radius 2 is 1.40 bits per heavy atom. The molecule has 0 N–H and O–H groups in total. The van der Waals surface area contributed by atoms with Crippen LogP contribution in [0.5, 0.6) is 0 Å². The molecule has 3 aromatic rings. The number of carbonyl (C=O) groups excluding carboxylic acids is 2. The van der Waals surface area contributed by atoms with Gasteiger partial charge in [-0.25, -0.2) is 0 Å². The summed E-state index contributed by atoms with van der Waals surface area (Å²) in [6.45, 7) is 0. The van der Waals surface area contributed by atoms with E-state index in [1.54, 1.807) is 24.3 Å². The van der Waals surface area contributed by atoms with Crippen LogP contribution in [0.2, 0.25) is 0 Å². The number of thiophene rings is 1. The minimum atomic E-state index is -0.648. The van der Waals surface area contributed by atoms with E-state index in [1.165, 1.54) is 11.3 Å². The highest BCUT2D eigenvalue weighted by atomic mass is 32.1. The van der Waals surface area contributed by atoms with Crippen LogP contribution in [0.15, 0.2) is 54.6 Å². The van der Waals surface area contributed by atoms with Gasteiger partial charge in [0.25, 0.3) is 0 Å². The highest BCUT2D eigenvalue weighted by Gasteiger charge is 2.40. The van der Waals surface area contributed by atoms with Gasteiger partial charge in [0.05, 0.1) is 0 Å². The number of benzene rings is 2. The number of ketones is 2. The maximum Gasteiger partial charge on any atom is 0.179 e. The Balaban J connectivity index is 1.88. The zero-order chi connectivity index (χ0) is 13.7. The molecule has 1 aliphatic carbocycles. The topological polar surface area (TPSA) is 34.1 Å². The molecule has 0 bridgehead atoms. The van der Waals surface area contributed by atoms with E-state index in [0.29, 0.717) is 11.1 Å². The van der Waals surface area contributed by atoms with Gasteiger partial charge in [-0.1, -0.05) is 42.5 Å². The van der Waals surface area contributed by atoms with Gasteiger partial charge < -0.3 is 0 Å². The summed E-state index contributed by atoms with van der Waals surface area (Å²) in [5, 5.41) is 1.09. The Bertz CT molecular complexity index is 792. The van der Waals surface area contributed by atoms with Crippen LogP contribution >= 0.6 is 11.3 Å². The number of Topliss-reactive ketones (excluding diaryl/α,β-unsaturated/α-hetero) is 2. The van der Waals surface area contributed by atoms with Gasteiger partial charge in [0, 0.05) is 20.7 Å². The first kappa shape index (κ1) is 11.6. The Hall–Kier alpha value is -2.26. The molecule has 96 valence electrons. The second-order valence-corrected chi connectivity index (χ2v) is 6.01. The SMILES string of the molecule is O=C1c2ccccc2C(=O)C1c1cc2ccccc2s1. The lowest BCUT2D eigenvalue weighted by Crippen LogP contribution is -2.10. The number of hydrogen-bond donors (Lipinski definition) is 0. The Morgan fingerprint density at radius 1 is 0.800 bits per heavy atom. The van der Waals surface area contributed by atoms with Crippen LogP contribution in [-0.4, -0.2) is 11.6 Å². The highest BCUT2D eigenvalue weighted by molar-refractivity contribution is 7.19. The van der Waals surface area contributed by atoms with Crippen molar-refractivity contribution in [2.45, 2.75) is 5.92 Å². The van der Waals surface area contributed by atoms with Gasteiger partial charge in [-0.2, -0.15) is 0 Å². The third kappa shape index (κ3) is 1.50. The summed E-state index contributed by atoms with van der Waals surface area (Å²) in [6.07, 6.45) is 0. The molecular formula is C17H10O2S. The van der Waals surface area contributed by atoms with E-state index in [-0.39, 0.29) is 11.6 Å². The van der Waals surface area contributed by atoms with Gasteiger partial charge in [-0.3, -0.25) is 9.59 Å². The molecule has 1 aromatic heterocycles. The molecule has 0 saturated heterocycles. The largest absolute Gasteiger partial charge is 0.293 e. The fraction of sp³-hybridized carbons (Fsp3) is 0.0588.